The van der Waals surface area contributed by atoms with Crippen molar-refractivity contribution in [3.05, 3.63) is 58.1 Å². The summed E-state index contributed by atoms with van der Waals surface area (Å²) in [4.78, 5) is 38.2. The van der Waals surface area contributed by atoms with Crippen LogP contribution in [0.5, 0.6) is 0 Å². The highest BCUT2D eigenvalue weighted by Crippen LogP contribution is 2.33. The highest BCUT2D eigenvalue weighted by atomic mass is 35.5. The third-order valence-electron chi connectivity index (χ3n) is 5.53. The number of anilines is 2. The van der Waals surface area contributed by atoms with Crippen molar-refractivity contribution in [3.63, 3.8) is 0 Å². The monoisotopic (exact) mass is 449 g/mol. The summed E-state index contributed by atoms with van der Waals surface area (Å²) < 4.78 is 27.5. The van der Waals surface area contributed by atoms with Gasteiger partial charge >= 0.3 is 0 Å². The average Bonchev–Trinajstić information content (AvgIpc) is 3.06. The van der Waals surface area contributed by atoms with E-state index in [0.717, 1.165) is 17.7 Å². The molecule has 10 heteroatoms. The average molecular weight is 450 g/mol. The van der Waals surface area contributed by atoms with Gasteiger partial charge in [0.2, 0.25) is 11.5 Å². The van der Waals surface area contributed by atoms with E-state index in [4.69, 9.17) is 11.6 Å². The molecule has 0 saturated carbocycles. The molecular formula is C21H18ClF2N3O4. The molecule has 162 valence electrons. The number of amides is 3. The summed E-state index contributed by atoms with van der Waals surface area (Å²) in [5.74, 6) is -3.60. The fourth-order valence-corrected chi connectivity index (χ4v) is 3.97. The number of fused-ring (bicyclic) bond motifs is 1. The van der Waals surface area contributed by atoms with Crippen LogP contribution in [0.25, 0.3) is 0 Å². The lowest BCUT2D eigenvalue weighted by molar-refractivity contribution is -0.149. The topological polar surface area (TPSA) is 98.7 Å². The maximum atomic E-state index is 13.9. The zero-order valence-electron chi connectivity index (χ0n) is 16.2. The molecule has 2 heterocycles. The molecule has 0 aliphatic carbocycles. The minimum atomic E-state index is -2.35. The second-order valence-corrected chi connectivity index (χ2v) is 7.84. The summed E-state index contributed by atoms with van der Waals surface area (Å²) >= 11 is 5.75. The smallest absolute Gasteiger partial charge is 0.268 e. The number of rotatable bonds is 4. The van der Waals surface area contributed by atoms with Gasteiger partial charge in [-0.3, -0.25) is 14.4 Å². The molecule has 2 aromatic carbocycles. The molecule has 0 aromatic heterocycles. The van der Waals surface area contributed by atoms with Crippen LogP contribution in [0.4, 0.5) is 20.2 Å². The van der Waals surface area contributed by atoms with Gasteiger partial charge in [0.25, 0.3) is 11.8 Å². The van der Waals surface area contributed by atoms with E-state index in [9.17, 15) is 28.3 Å². The SMILES string of the molecule is O=C1CCc2cc(N3CCC(O)(C(=O)NCc4c(F)ccc(F)c4Cl)C3=O)ccc2N1. The first-order valence-corrected chi connectivity index (χ1v) is 9.96. The predicted molar refractivity (Wildman–Crippen MR) is 109 cm³/mol. The van der Waals surface area contributed by atoms with E-state index < -0.39 is 40.6 Å². The van der Waals surface area contributed by atoms with E-state index in [-0.39, 0.29) is 24.4 Å². The van der Waals surface area contributed by atoms with Crippen molar-refractivity contribution < 1.29 is 28.3 Å². The fraction of sp³-hybridized carbons (Fsp3) is 0.286. The summed E-state index contributed by atoms with van der Waals surface area (Å²) in [7, 11) is 0. The van der Waals surface area contributed by atoms with Crippen LogP contribution in [-0.2, 0) is 27.3 Å². The number of nitrogens with zero attached hydrogens (tertiary/aromatic N) is 1. The van der Waals surface area contributed by atoms with Gasteiger partial charge in [0.1, 0.15) is 11.6 Å². The van der Waals surface area contributed by atoms with Crippen molar-refractivity contribution in [2.75, 3.05) is 16.8 Å². The van der Waals surface area contributed by atoms with Gasteiger partial charge < -0.3 is 20.6 Å². The molecule has 4 rings (SSSR count). The van der Waals surface area contributed by atoms with Gasteiger partial charge in [-0.15, -0.1) is 0 Å². The van der Waals surface area contributed by atoms with Crippen LogP contribution in [0.3, 0.4) is 0 Å². The third-order valence-corrected chi connectivity index (χ3v) is 5.94. The molecule has 0 spiro atoms. The number of nitrogens with one attached hydrogen (secondary N) is 2. The Kier molecular flexibility index (Phi) is 5.40. The Balaban J connectivity index is 1.49. The Morgan fingerprint density at radius 2 is 1.94 bits per heavy atom. The molecule has 1 unspecified atom stereocenters. The number of aliphatic hydroxyl groups is 1. The van der Waals surface area contributed by atoms with Crippen LogP contribution in [0.2, 0.25) is 5.02 Å². The van der Waals surface area contributed by atoms with Crippen LogP contribution in [0.1, 0.15) is 24.0 Å². The molecule has 2 aliphatic rings. The maximum Gasteiger partial charge on any atom is 0.268 e. The molecule has 7 nitrogen and oxygen atoms in total. The Hall–Kier alpha value is -3.04. The van der Waals surface area contributed by atoms with Crippen molar-refractivity contribution >= 4 is 40.7 Å². The quantitative estimate of drug-likeness (QED) is 0.492. The Bertz CT molecular complexity index is 1110. The number of hydrogen-bond acceptors (Lipinski definition) is 4. The summed E-state index contributed by atoms with van der Waals surface area (Å²) in [6, 6.07) is 6.75. The lowest BCUT2D eigenvalue weighted by Crippen LogP contribution is -2.52. The van der Waals surface area contributed by atoms with Crippen LogP contribution in [0, 0.1) is 11.6 Å². The molecule has 0 bridgehead atoms. The van der Waals surface area contributed by atoms with Crippen LogP contribution in [0.15, 0.2) is 30.3 Å². The minimum absolute atomic E-state index is 0.0848. The van der Waals surface area contributed by atoms with E-state index in [1.165, 1.54) is 4.90 Å². The molecule has 1 atom stereocenters. The molecule has 3 amide bonds. The number of hydrogen-bond donors (Lipinski definition) is 3. The first kappa shape index (κ1) is 21.2. The van der Waals surface area contributed by atoms with Crippen LogP contribution < -0.4 is 15.5 Å². The normalized spacial score (nSPS) is 20.5. The number of aryl methyl sites for hydroxylation is 1. The van der Waals surface area contributed by atoms with Gasteiger partial charge in [0, 0.05) is 42.9 Å². The first-order valence-electron chi connectivity index (χ1n) is 9.58. The second kappa shape index (κ2) is 7.90. The van der Waals surface area contributed by atoms with E-state index in [1.54, 1.807) is 18.2 Å². The third kappa shape index (κ3) is 3.75. The molecule has 1 saturated heterocycles. The molecule has 2 aliphatic heterocycles. The zero-order valence-corrected chi connectivity index (χ0v) is 16.9. The second-order valence-electron chi connectivity index (χ2n) is 7.46. The standard InChI is InChI=1S/C21H18ClF2N3O4/c22-18-13(14(23)3-4-15(18)24)10-25-19(29)21(31)7-8-27(20(21)30)12-2-5-16-11(9-12)1-6-17(28)26-16/h2-5,9,31H,1,6-8,10H2,(H,25,29)(H,26,28). The highest BCUT2D eigenvalue weighted by molar-refractivity contribution is 6.31. The molecule has 0 radical (unpaired) electrons. The predicted octanol–water partition coefficient (Wildman–Crippen LogP) is 2.29. The molecular weight excluding hydrogens is 432 g/mol. The fourth-order valence-electron chi connectivity index (χ4n) is 3.75. The lowest BCUT2D eigenvalue weighted by Gasteiger charge is -2.24. The Morgan fingerprint density at radius 1 is 1.19 bits per heavy atom. The van der Waals surface area contributed by atoms with E-state index >= 15 is 0 Å². The van der Waals surface area contributed by atoms with Crippen molar-refractivity contribution in [1.29, 1.82) is 0 Å². The van der Waals surface area contributed by atoms with E-state index in [0.29, 0.717) is 24.2 Å². The summed E-state index contributed by atoms with van der Waals surface area (Å²) in [6.45, 7) is -0.404. The molecule has 1 fully saturated rings. The Morgan fingerprint density at radius 3 is 2.71 bits per heavy atom. The summed E-state index contributed by atoms with van der Waals surface area (Å²) in [6.07, 6.45) is 0.669. The maximum absolute atomic E-state index is 13.9. The summed E-state index contributed by atoms with van der Waals surface area (Å²) in [5, 5.41) is 15.3. The number of halogens is 3. The highest BCUT2D eigenvalue weighted by Gasteiger charge is 2.51. The Labute approximate surface area is 181 Å². The minimum Gasteiger partial charge on any atom is -0.372 e. The molecule has 3 N–H and O–H groups in total. The molecule has 2 aromatic rings. The number of benzene rings is 2. The van der Waals surface area contributed by atoms with Gasteiger partial charge in [-0.1, -0.05) is 11.6 Å². The summed E-state index contributed by atoms with van der Waals surface area (Å²) in [5.41, 5.74) is -0.629. The van der Waals surface area contributed by atoms with Crippen molar-refractivity contribution in [1.82, 2.24) is 5.32 Å². The van der Waals surface area contributed by atoms with Crippen molar-refractivity contribution in [2.45, 2.75) is 31.4 Å². The number of carbonyl (C=O) groups is 3. The first-order chi connectivity index (χ1) is 14.7. The van der Waals surface area contributed by atoms with Gasteiger partial charge in [0.15, 0.2) is 0 Å². The molecule has 31 heavy (non-hydrogen) atoms. The largest absolute Gasteiger partial charge is 0.372 e. The van der Waals surface area contributed by atoms with Gasteiger partial charge in [-0.05, 0) is 42.3 Å². The van der Waals surface area contributed by atoms with Crippen molar-refractivity contribution in [2.24, 2.45) is 0 Å². The van der Waals surface area contributed by atoms with Gasteiger partial charge in [-0.25, -0.2) is 8.78 Å². The van der Waals surface area contributed by atoms with E-state index in [2.05, 4.69) is 10.6 Å². The number of carbonyl (C=O) groups excluding carboxylic acids is 3. The van der Waals surface area contributed by atoms with Crippen LogP contribution >= 0.6 is 11.6 Å². The van der Waals surface area contributed by atoms with E-state index in [1.807, 2.05) is 0 Å². The van der Waals surface area contributed by atoms with Crippen LogP contribution in [-0.4, -0.2) is 35.0 Å². The van der Waals surface area contributed by atoms with Gasteiger partial charge in [0.05, 0.1) is 5.02 Å². The van der Waals surface area contributed by atoms with Crippen molar-refractivity contribution in [3.8, 4) is 0 Å². The lowest BCUT2D eigenvalue weighted by atomic mass is 10.0. The zero-order chi connectivity index (χ0) is 22.3. The van der Waals surface area contributed by atoms with Gasteiger partial charge in [-0.2, -0.15) is 0 Å².